The highest BCUT2D eigenvalue weighted by Crippen LogP contribution is 2.17. The lowest BCUT2D eigenvalue weighted by molar-refractivity contribution is 1.19. The van der Waals surface area contributed by atoms with Crippen molar-refractivity contribution < 1.29 is 0 Å². The molecular weight excluding hydrogens is 196 g/mol. The van der Waals surface area contributed by atoms with Gasteiger partial charge in [0.2, 0.25) is 0 Å². The van der Waals surface area contributed by atoms with Gasteiger partial charge in [0.05, 0.1) is 0 Å². The molecule has 13 heavy (non-hydrogen) atoms. The Morgan fingerprint density at radius 1 is 1.38 bits per heavy atom. The molecule has 0 aromatic heterocycles. The van der Waals surface area contributed by atoms with Crippen LogP contribution in [0.4, 0.5) is 0 Å². The summed E-state index contributed by atoms with van der Waals surface area (Å²) in [6, 6.07) is 11.5. The van der Waals surface area contributed by atoms with Crippen LogP contribution in [-0.2, 0) is 0 Å². The summed E-state index contributed by atoms with van der Waals surface area (Å²) in [6.45, 7) is 5.91. The number of allylic oxidation sites excluding steroid dienone is 1. The molecule has 2 heteroatoms. The van der Waals surface area contributed by atoms with Gasteiger partial charge in [0.1, 0.15) is 0 Å². The molecule has 0 aliphatic rings. The Hall–Kier alpha value is -0.533. The number of hydrogen-bond acceptors (Lipinski definition) is 0. The first kappa shape index (κ1) is 10.5. The molecule has 0 saturated carbocycles. The van der Waals surface area contributed by atoms with Gasteiger partial charge in [-0.15, -0.1) is 6.58 Å². The van der Waals surface area contributed by atoms with E-state index < -0.39 is 7.38 Å². The van der Waals surface area contributed by atoms with Gasteiger partial charge >= 0.3 is 0 Å². The zero-order chi connectivity index (χ0) is 9.73. The molecule has 0 nitrogen and oxygen atoms in total. The molecule has 1 aromatic carbocycles. The Labute approximate surface area is 86.0 Å². The van der Waals surface area contributed by atoms with Gasteiger partial charge in [-0.1, -0.05) is 43.0 Å². The fourth-order valence-corrected chi connectivity index (χ4v) is 3.93. The third-order valence-electron chi connectivity index (χ3n) is 2.19. The highest BCUT2D eigenvalue weighted by molar-refractivity contribution is 7.26. The molecule has 0 amide bonds. The third kappa shape index (κ3) is 3.01. The summed E-state index contributed by atoms with van der Waals surface area (Å²) < 4.78 is 0. The summed E-state index contributed by atoms with van der Waals surface area (Å²) in [7, 11) is -1.70. The van der Waals surface area contributed by atoms with Gasteiger partial charge in [-0.2, -0.15) is 11.1 Å². The van der Waals surface area contributed by atoms with Crippen molar-refractivity contribution >= 4 is 23.6 Å². The maximum Gasteiger partial charge on any atom is 0.184 e. The van der Waals surface area contributed by atoms with Gasteiger partial charge < -0.3 is 0 Å². The molecule has 70 valence electrons. The lowest BCUT2D eigenvalue weighted by Crippen LogP contribution is -2.38. The van der Waals surface area contributed by atoms with Crippen LogP contribution in [0.1, 0.15) is 6.42 Å². The largest absolute Gasteiger partial charge is 0.184 e. The lowest BCUT2D eigenvalue weighted by atomic mass is 10.4. The maximum absolute atomic E-state index is 6.53. The molecule has 1 rings (SSSR count). The van der Waals surface area contributed by atoms with Crippen LogP contribution < -0.4 is 5.19 Å². The molecule has 0 aliphatic heterocycles. The van der Waals surface area contributed by atoms with E-state index in [4.69, 9.17) is 11.1 Å². The summed E-state index contributed by atoms with van der Waals surface area (Å²) in [4.78, 5) is 0. The van der Waals surface area contributed by atoms with Crippen LogP contribution in [-0.4, -0.2) is 7.38 Å². The van der Waals surface area contributed by atoms with Gasteiger partial charge in [0.25, 0.3) is 0 Å². The van der Waals surface area contributed by atoms with E-state index in [1.54, 1.807) is 0 Å². The monoisotopic (exact) mass is 210 g/mol. The molecule has 0 N–H and O–H groups in total. The van der Waals surface area contributed by atoms with Gasteiger partial charge in [0.15, 0.2) is 7.38 Å². The molecule has 0 heterocycles. The maximum atomic E-state index is 6.53. The van der Waals surface area contributed by atoms with Crippen molar-refractivity contribution in [3.63, 3.8) is 0 Å². The minimum Gasteiger partial charge on any atom is -0.161 e. The quantitative estimate of drug-likeness (QED) is 0.407. The highest BCUT2D eigenvalue weighted by Gasteiger charge is 2.25. The van der Waals surface area contributed by atoms with E-state index in [9.17, 15) is 0 Å². The fraction of sp³-hybridized carbons (Fsp3) is 0.273. The van der Waals surface area contributed by atoms with Crippen molar-refractivity contribution in [2.75, 3.05) is 0 Å². The number of halogens is 1. The molecule has 1 aromatic rings. The van der Waals surface area contributed by atoms with Crippen LogP contribution >= 0.6 is 11.1 Å². The summed E-state index contributed by atoms with van der Waals surface area (Å²) >= 11 is 6.53. The standard InChI is InChI=1S/C11H15ClSi/c1-3-4-10-13(2,12)11-8-6-5-7-9-11/h3,5-9H,1,4,10H2,2H3. The molecule has 0 bridgehead atoms. The molecule has 0 aliphatic carbocycles. The van der Waals surface area contributed by atoms with Crippen molar-refractivity contribution in [3.8, 4) is 0 Å². The van der Waals surface area contributed by atoms with Crippen LogP contribution in [0.25, 0.3) is 0 Å². The topological polar surface area (TPSA) is 0 Å². The second kappa shape index (κ2) is 4.63. The van der Waals surface area contributed by atoms with Crippen molar-refractivity contribution in [2.24, 2.45) is 0 Å². The first-order chi connectivity index (χ1) is 6.17. The Kier molecular flexibility index (Phi) is 3.76. The highest BCUT2D eigenvalue weighted by atomic mass is 35.6. The molecule has 1 atom stereocenters. The molecule has 0 spiro atoms. The van der Waals surface area contributed by atoms with E-state index in [2.05, 4.69) is 37.4 Å². The van der Waals surface area contributed by atoms with E-state index in [0.29, 0.717) is 0 Å². The summed E-state index contributed by atoms with van der Waals surface area (Å²) in [6.07, 6.45) is 2.96. The third-order valence-corrected chi connectivity index (χ3v) is 6.18. The average Bonchev–Trinajstić information content (AvgIpc) is 2.16. The molecule has 0 saturated heterocycles. The number of hydrogen-bond donors (Lipinski definition) is 0. The van der Waals surface area contributed by atoms with Crippen LogP contribution in [0.15, 0.2) is 43.0 Å². The van der Waals surface area contributed by atoms with E-state index in [1.165, 1.54) is 5.19 Å². The Balaban J connectivity index is 2.74. The first-order valence-corrected chi connectivity index (χ1v) is 8.24. The van der Waals surface area contributed by atoms with Crippen LogP contribution in [0.3, 0.4) is 0 Å². The van der Waals surface area contributed by atoms with Crippen LogP contribution in [0.2, 0.25) is 12.6 Å². The zero-order valence-corrected chi connectivity index (χ0v) is 9.72. The zero-order valence-electron chi connectivity index (χ0n) is 7.96. The molecule has 1 unspecified atom stereocenters. The van der Waals surface area contributed by atoms with E-state index in [1.807, 2.05) is 12.1 Å². The van der Waals surface area contributed by atoms with Crippen molar-refractivity contribution in [2.45, 2.75) is 19.0 Å². The number of benzene rings is 1. The van der Waals surface area contributed by atoms with Gasteiger partial charge in [-0.25, -0.2) is 0 Å². The van der Waals surface area contributed by atoms with E-state index in [-0.39, 0.29) is 0 Å². The first-order valence-electron chi connectivity index (χ1n) is 4.52. The van der Waals surface area contributed by atoms with Crippen molar-refractivity contribution in [1.29, 1.82) is 0 Å². The minimum atomic E-state index is -1.70. The fourth-order valence-electron chi connectivity index (χ4n) is 1.30. The normalized spacial score (nSPS) is 14.9. The van der Waals surface area contributed by atoms with Crippen LogP contribution in [0.5, 0.6) is 0 Å². The molecular formula is C11H15ClSi. The second-order valence-electron chi connectivity index (χ2n) is 3.39. The van der Waals surface area contributed by atoms with Gasteiger partial charge in [-0.05, 0) is 17.7 Å². The SMILES string of the molecule is C=CCC[Si](C)(Cl)c1ccccc1. The van der Waals surface area contributed by atoms with E-state index >= 15 is 0 Å². The smallest absolute Gasteiger partial charge is 0.161 e. The second-order valence-corrected chi connectivity index (χ2v) is 9.37. The Morgan fingerprint density at radius 2 is 2.00 bits per heavy atom. The van der Waals surface area contributed by atoms with E-state index in [0.717, 1.165) is 12.5 Å². The average molecular weight is 211 g/mol. The predicted molar refractivity (Wildman–Crippen MR) is 63.2 cm³/mol. The Bertz CT molecular complexity index is 267. The summed E-state index contributed by atoms with van der Waals surface area (Å²) in [5.41, 5.74) is 0. The number of rotatable bonds is 4. The predicted octanol–water partition coefficient (Wildman–Crippen LogP) is 3.28. The summed E-state index contributed by atoms with van der Waals surface area (Å²) in [5.74, 6) is 0. The summed E-state index contributed by atoms with van der Waals surface area (Å²) in [5, 5.41) is 1.32. The van der Waals surface area contributed by atoms with Crippen molar-refractivity contribution in [3.05, 3.63) is 43.0 Å². The van der Waals surface area contributed by atoms with Gasteiger partial charge in [0, 0.05) is 0 Å². The molecule has 0 fully saturated rings. The van der Waals surface area contributed by atoms with Crippen molar-refractivity contribution in [1.82, 2.24) is 0 Å². The van der Waals surface area contributed by atoms with Gasteiger partial charge in [-0.3, -0.25) is 0 Å². The lowest BCUT2D eigenvalue weighted by Gasteiger charge is -2.18. The van der Waals surface area contributed by atoms with Crippen LogP contribution in [0, 0.1) is 0 Å². The Morgan fingerprint density at radius 3 is 2.54 bits per heavy atom. The minimum absolute atomic E-state index is 1.01. The molecule has 0 radical (unpaired) electrons.